The predicted octanol–water partition coefficient (Wildman–Crippen LogP) is 2.18. The minimum Gasteiger partial charge on any atom is -0.315 e. The largest absolute Gasteiger partial charge is 0.315 e. The standard InChI is InChI=1S/C14H19ClN2O/c1-17(2)10-7-8-14(16,13(18)9-10)11-5-3-4-6-12(11)15/h3-6,10H,7-9,16H2,1-2H3. The van der Waals surface area contributed by atoms with E-state index in [2.05, 4.69) is 4.90 Å². The van der Waals surface area contributed by atoms with Crippen molar-refractivity contribution in [1.29, 1.82) is 0 Å². The van der Waals surface area contributed by atoms with E-state index in [1.807, 2.05) is 32.3 Å². The number of ketones is 1. The molecule has 0 saturated heterocycles. The summed E-state index contributed by atoms with van der Waals surface area (Å²) in [7, 11) is 3.99. The fraction of sp³-hybridized carbons (Fsp3) is 0.500. The lowest BCUT2D eigenvalue weighted by molar-refractivity contribution is -0.128. The number of halogens is 1. The van der Waals surface area contributed by atoms with Crippen LogP contribution in [0.3, 0.4) is 0 Å². The summed E-state index contributed by atoms with van der Waals surface area (Å²) in [6.07, 6.45) is 2.06. The number of Topliss-reactive ketones (excluding diaryl/α,β-unsaturated/α-hetero) is 1. The molecule has 2 unspecified atom stereocenters. The molecule has 0 bridgehead atoms. The lowest BCUT2D eigenvalue weighted by Gasteiger charge is -2.38. The maximum Gasteiger partial charge on any atom is 0.158 e. The maximum atomic E-state index is 12.4. The van der Waals surface area contributed by atoms with Crippen molar-refractivity contribution in [1.82, 2.24) is 4.90 Å². The summed E-state index contributed by atoms with van der Waals surface area (Å²) < 4.78 is 0. The van der Waals surface area contributed by atoms with Crippen LogP contribution in [-0.4, -0.2) is 30.8 Å². The predicted molar refractivity (Wildman–Crippen MR) is 73.7 cm³/mol. The smallest absolute Gasteiger partial charge is 0.158 e. The number of hydrogen-bond donors (Lipinski definition) is 1. The van der Waals surface area contributed by atoms with Gasteiger partial charge in [-0.25, -0.2) is 0 Å². The summed E-state index contributed by atoms with van der Waals surface area (Å²) in [6, 6.07) is 7.66. The molecule has 2 atom stereocenters. The number of hydrogen-bond acceptors (Lipinski definition) is 3. The molecule has 98 valence electrons. The molecule has 2 rings (SSSR count). The first-order chi connectivity index (χ1) is 8.45. The first-order valence-electron chi connectivity index (χ1n) is 6.19. The van der Waals surface area contributed by atoms with Crippen molar-refractivity contribution in [3.05, 3.63) is 34.9 Å². The van der Waals surface area contributed by atoms with Gasteiger partial charge in [0.05, 0.1) is 0 Å². The Labute approximate surface area is 113 Å². The number of carbonyl (C=O) groups is 1. The molecule has 1 aromatic carbocycles. The zero-order chi connectivity index (χ0) is 13.3. The molecular formula is C14H19ClN2O. The molecule has 4 heteroatoms. The Morgan fingerprint density at radius 3 is 2.61 bits per heavy atom. The number of nitrogens with two attached hydrogens (primary N) is 1. The van der Waals surface area contributed by atoms with Crippen LogP contribution in [0.25, 0.3) is 0 Å². The molecule has 0 spiro atoms. The summed E-state index contributed by atoms with van der Waals surface area (Å²) in [6.45, 7) is 0. The van der Waals surface area contributed by atoms with Crippen LogP contribution in [0.2, 0.25) is 5.02 Å². The van der Waals surface area contributed by atoms with Crippen molar-refractivity contribution < 1.29 is 4.79 Å². The monoisotopic (exact) mass is 266 g/mol. The van der Waals surface area contributed by atoms with Crippen LogP contribution in [-0.2, 0) is 10.3 Å². The third-order valence-corrected chi connectivity index (χ3v) is 4.20. The Balaban J connectivity index is 2.29. The van der Waals surface area contributed by atoms with Crippen LogP contribution < -0.4 is 5.73 Å². The van der Waals surface area contributed by atoms with E-state index in [1.165, 1.54) is 0 Å². The van der Waals surface area contributed by atoms with Gasteiger partial charge in [-0.15, -0.1) is 0 Å². The molecule has 1 aliphatic carbocycles. The van der Waals surface area contributed by atoms with Gasteiger partial charge in [0.1, 0.15) is 5.54 Å². The molecular weight excluding hydrogens is 248 g/mol. The van der Waals surface area contributed by atoms with Crippen molar-refractivity contribution in [3.8, 4) is 0 Å². The molecule has 0 amide bonds. The van der Waals surface area contributed by atoms with Gasteiger partial charge in [0.25, 0.3) is 0 Å². The minimum atomic E-state index is -0.912. The molecule has 18 heavy (non-hydrogen) atoms. The quantitative estimate of drug-likeness (QED) is 0.893. The highest BCUT2D eigenvalue weighted by molar-refractivity contribution is 6.31. The van der Waals surface area contributed by atoms with Gasteiger partial charge < -0.3 is 10.6 Å². The average Bonchev–Trinajstić information content (AvgIpc) is 2.33. The van der Waals surface area contributed by atoms with Crippen LogP contribution in [0.15, 0.2) is 24.3 Å². The Kier molecular flexibility index (Phi) is 3.76. The molecule has 1 saturated carbocycles. The van der Waals surface area contributed by atoms with Crippen LogP contribution in [0.1, 0.15) is 24.8 Å². The van der Waals surface area contributed by atoms with Gasteiger partial charge in [-0.2, -0.15) is 0 Å². The Morgan fingerprint density at radius 1 is 1.39 bits per heavy atom. The molecule has 2 N–H and O–H groups in total. The number of nitrogens with zero attached hydrogens (tertiary/aromatic N) is 1. The van der Waals surface area contributed by atoms with Crippen LogP contribution >= 0.6 is 11.6 Å². The van der Waals surface area contributed by atoms with E-state index in [1.54, 1.807) is 6.07 Å². The maximum absolute atomic E-state index is 12.4. The molecule has 0 aliphatic heterocycles. The van der Waals surface area contributed by atoms with Crippen LogP contribution in [0.4, 0.5) is 0 Å². The lowest BCUT2D eigenvalue weighted by Crippen LogP contribution is -2.52. The second-order valence-electron chi connectivity index (χ2n) is 5.23. The zero-order valence-corrected chi connectivity index (χ0v) is 11.6. The molecule has 1 aromatic rings. The topological polar surface area (TPSA) is 46.3 Å². The van der Waals surface area contributed by atoms with Gasteiger partial charge in [0, 0.05) is 17.5 Å². The van der Waals surface area contributed by atoms with Crippen molar-refractivity contribution >= 4 is 17.4 Å². The highest BCUT2D eigenvalue weighted by Crippen LogP contribution is 2.36. The van der Waals surface area contributed by atoms with E-state index in [0.29, 0.717) is 17.9 Å². The first kappa shape index (κ1) is 13.5. The summed E-state index contributed by atoms with van der Waals surface area (Å²) in [5, 5.41) is 0.580. The highest BCUT2D eigenvalue weighted by atomic mass is 35.5. The van der Waals surface area contributed by atoms with E-state index < -0.39 is 5.54 Å². The summed E-state index contributed by atoms with van der Waals surface area (Å²) in [4.78, 5) is 14.5. The van der Waals surface area contributed by atoms with Crippen molar-refractivity contribution in [2.45, 2.75) is 30.8 Å². The highest BCUT2D eigenvalue weighted by Gasteiger charge is 2.42. The molecule has 3 nitrogen and oxygen atoms in total. The summed E-state index contributed by atoms with van der Waals surface area (Å²) >= 11 is 6.17. The Morgan fingerprint density at radius 2 is 2.06 bits per heavy atom. The van der Waals surface area contributed by atoms with E-state index in [9.17, 15) is 4.79 Å². The lowest BCUT2D eigenvalue weighted by atomic mass is 9.74. The second-order valence-corrected chi connectivity index (χ2v) is 5.64. The van der Waals surface area contributed by atoms with E-state index in [-0.39, 0.29) is 11.8 Å². The SMILES string of the molecule is CN(C)C1CCC(N)(c2ccccc2Cl)C(=O)C1. The van der Waals surface area contributed by atoms with Gasteiger partial charge in [0.15, 0.2) is 5.78 Å². The van der Waals surface area contributed by atoms with Crippen LogP contribution in [0, 0.1) is 0 Å². The van der Waals surface area contributed by atoms with E-state index in [4.69, 9.17) is 17.3 Å². The molecule has 0 aromatic heterocycles. The van der Waals surface area contributed by atoms with Gasteiger partial charge in [-0.3, -0.25) is 4.79 Å². The number of benzene rings is 1. The molecule has 0 heterocycles. The zero-order valence-electron chi connectivity index (χ0n) is 10.8. The molecule has 1 fully saturated rings. The van der Waals surface area contributed by atoms with Gasteiger partial charge in [-0.05, 0) is 38.6 Å². The Hall–Kier alpha value is -0.900. The molecule has 0 radical (unpaired) electrons. The molecule has 1 aliphatic rings. The van der Waals surface area contributed by atoms with Gasteiger partial charge in [-0.1, -0.05) is 29.8 Å². The fourth-order valence-corrected chi connectivity index (χ4v) is 2.88. The summed E-state index contributed by atoms with van der Waals surface area (Å²) in [5.74, 6) is 0.0838. The van der Waals surface area contributed by atoms with E-state index >= 15 is 0 Å². The minimum absolute atomic E-state index is 0.0838. The van der Waals surface area contributed by atoms with E-state index in [0.717, 1.165) is 12.0 Å². The Bertz CT molecular complexity index is 461. The second kappa shape index (κ2) is 5.00. The van der Waals surface area contributed by atoms with Crippen molar-refractivity contribution in [3.63, 3.8) is 0 Å². The van der Waals surface area contributed by atoms with Crippen LogP contribution in [0.5, 0.6) is 0 Å². The van der Waals surface area contributed by atoms with Gasteiger partial charge >= 0.3 is 0 Å². The first-order valence-corrected chi connectivity index (χ1v) is 6.56. The summed E-state index contributed by atoms with van der Waals surface area (Å²) in [5.41, 5.74) is 6.18. The number of rotatable bonds is 2. The third-order valence-electron chi connectivity index (χ3n) is 3.88. The van der Waals surface area contributed by atoms with Crippen molar-refractivity contribution in [2.75, 3.05) is 14.1 Å². The fourth-order valence-electron chi connectivity index (χ4n) is 2.58. The average molecular weight is 267 g/mol. The van der Waals surface area contributed by atoms with Crippen molar-refractivity contribution in [2.24, 2.45) is 5.73 Å². The number of carbonyl (C=O) groups excluding carboxylic acids is 1. The third kappa shape index (κ3) is 2.30. The normalized spacial score (nSPS) is 28.7. The van der Waals surface area contributed by atoms with Gasteiger partial charge in [0.2, 0.25) is 0 Å².